The van der Waals surface area contributed by atoms with Crippen molar-refractivity contribution < 1.29 is 0 Å². The normalized spacial score (nSPS) is 9.92. The molecular formula is C11H15NO. The van der Waals surface area contributed by atoms with Gasteiger partial charge in [-0.2, -0.15) is 0 Å². The van der Waals surface area contributed by atoms with Gasteiger partial charge in [0.25, 0.3) is 5.56 Å². The lowest BCUT2D eigenvalue weighted by Crippen LogP contribution is -2.20. The molecule has 0 radical (unpaired) electrons. The summed E-state index contributed by atoms with van der Waals surface area (Å²) >= 11 is 0. The fourth-order valence-corrected chi connectivity index (χ4v) is 1.24. The third-order valence-electron chi connectivity index (χ3n) is 2.02. The van der Waals surface area contributed by atoms with Crippen molar-refractivity contribution >= 4 is 0 Å². The zero-order valence-corrected chi connectivity index (χ0v) is 7.99. The van der Waals surface area contributed by atoms with Crippen LogP contribution in [0.25, 0.3) is 0 Å². The van der Waals surface area contributed by atoms with Crippen molar-refractivity contribution in [3.63, 3.8) is 0 Å². The lowest BCUT2D eigenvalue weighted by atomic mass is 10.3. The van der Waals surface area contributed by atoms with Crippen LogP contribution in [0.4, 0.5) is 0 Å². The largest absolute Gasteiger partial charge is 0.315 e. The van der Waals surface area contributed by atoms with Gasteiger partial charge in [0.1, 0.15) is 0 Å². The van der Waals surface area contributed by atoms with Crippen molar-refractivity contribution in [1.82, 2.24) is 4.57 Å². The van der Waals surface area contributed by atoms with Gasteiger partial charge in [-0.3, -0.25) is 4.79 Å². The Balaban J connectivity index is 2.72. The van der Waals surface area contributed by atoms with E-state index in [0.29, 0.717) is 0 Å². The molecule has 1 rings (SSSR count). The second kappa shape index (κ2) is 4.65. The lowest BCUT2D eigenvalue weighted by Gasteiger charge is -2.04. The smallest absolute Gasteiger partial charge is 0.253 e. The summed E-state index contributed by atoms with van der Waals surface area (Å²) in [5.74, 6) is 0. The second-order valence-corrected chi connectivity index (χ2v) is 3.12. The molecule has 0 bridgehead atoms. The van der Waals surface area contributed by atoms with Gasteiger partial charge < -0.3 is 4.57 Å². The van der Waals surface area contributed by atoms with Gasteiger partial charge >= 0.3 is 0 Å². The molecule has 2 nitrogen and oxygen atoms in total. The first-order valence-corrected chi connectivity index (χ1v) is 4.52. The Labute approximate surface area is 78.5 Å². The van der Waals surface area contributed by atoms with Crippen LogP contribution in [0, 0.1) is 6.92 Å². The third kappa shape index (κ3) is 2.58. The van der Waals surface area contributed by atoms with Crippen LogP contribution in [-0.4, -0.2) is 4.57 Å². The van der Waals surface area contributed by atoms with Crippen LogP contribution in [0.1, 0.15) is 18.4 Å². The van der Waals surface area contributed by atoms with Crippen LogP contribution in [0.3, 0.4) is 0 Å². The van der Waals surface area contributed by atoms with Gasteiger partial charge in [0.15, 0.2) is 0 Å². The van der Waals surface area contributed by atoms with Crippen molar-refractivity contribution in [1.29, 1.82) is 0 Å². The van der Waals surface area contributed by atoms with Crippen LogP contribution in [0.15, 0.2) is 35.8 Å². The maximum Gasteiger partial charge on any atom is 0.253 e. The summed E-state index contributed by atoms with van der Waals surface area (Å²) < 4.78 is 1.75. The topological polar surface area (TPSA) is 22.0 Å². The highest BCUT2D eigenvalue weighted by Crippen LogP contribution is 1.94. The van der Waals surface area contributed by atoms with Gasteiger partial charge in [0.2, 0.25) is 0 Å². The summed E-state index contributed by atoms with van der Waals surface area (Å²) in [4.78, 5) is 11.5. The Morgan fingerprint density at radius 3 is 3.08 bits per heavy atom. The lowest BCUT2D eigenvalue weighted by molar-refractivity contribution is 0.626. The molecule has 13 heavy (non-hydrogen) atoms. The van der Waals surface area contributed by atoms with Crippen molar-refractivity contribution in [3.8, 4) is 0 Å². The van der Waals surface area contributed by atoms with Gasteiger partial charge in [-0.25, -0.2) is 0 Å². The average Bonchev–Trinajstić information content (AvgIpc) is 2.13. The average molecular weight is 177 g/mol. The van der Waals surface area contributed by atoms with Crippen molar-refractivity contribution in [2.75, 3.05) is 0 Å². The fraction of sp³-hybridized carbons (Fsp3) is 0.364. The van der Waals surface area contributed by atoms with E-state index >= 15 is 0 Å². The van der Waals surface area contributed by atoms with Crippen LogP contribution >= 0.6 is 0 Å². The Morgan fingerprint density at radius 2 is 2.38 bits per heavy atom. The van der Waals surface area contributed by atoms with Crippen LogP contribution < -0.4 is 5.56 Å². The standard InChI is InChI=1S/C11H15NO/c1-3-4-5-8-12-9-6-7-10(2)11(12)13/h3,6-7,9H,1,4-5,8H2,2H3. The highest BCUT2D eigenvalue weighted by molar-refractivity contribution is 5.07. The Hall–Kier alpha value is -1.31. The van der Waals surface area contributed by atoms with E-state index < -0.39 is 0 Å². The monoisotopic (exact) mass is 177 g/mol. The van der Waals surface area contributed by atoms with Gasteiger partial charge in [0, 0.05) is 18.3 Å². The fourth-order valence-electron chi connectivity index (χ4n) is 1.24. The Kier molecular flexibility index (Phi) is 3.50. The summed E-state index contributed by atoms with van der Waals surface area (Å²) in [6.45, 7) is 6.27. The molecule has 0 saturated heterocycles. The van der Waals surface area contributed by atoms with Crippen LogP contribution in [-0.2, 0) is 6.54 Å². The molecule has 2 heteroatoms. The summed E-state index contributed by atoms with van der Waals surface area (Å²) in [7, 11) is 0. The maximum absolute atomic E-state index is 11.5. The predicted molar refractivity (Wildman–Crippen MR) is 54.9 cm³/mol. The van der Waals surface area contributed by atoms with E-state index in [1.165, 1.54) is 0 Å². The summed E-state index contributed by atoms with van der Waals surface area (Å²) in [6.07, 6.45) is 5.65. The quantitative estimate of drug-likeness (QED) is 0.510. The third-order valence-corrected chi connectivity index (χ3v) is 2.02. The number of pyridine rings is 1. The second-order valence-electron chi connectivity index (χ2n) is 3.12. The van der Waals surface area contributed by atoms with Crippen molar-refractivity contribution in [2.24, 2.45) is 0 Å². The number of unbranched alkanes of at least 4 members (excludes halogenated alkanes) is 1. The molecule has 0 atom stereocenters. The van der Waals surface area contributed by atoms with E-state index in [9.17, 15) is 4.79 Å². The molecular weight excluding hydrogens is 162 g/mol. The molecule has 0 aliphatic rings. The first-order valence-electron chi connectivity index (χ1n) is 4.52. The van der Waals surface area contributed by atoms with Gasteiger partial charge in [-0.1, -0.05) is 12.1 Å². The molecule has 70 valence electrons. The molecule has 0 aromatic carbocycles. The number of allylic oxidation sites excluding steroid dienone is 1. The molecule has 0 fully saturated rings. The molecule has 0 amide bonds. The van der Waals surface area contributed by atoms with Gasteiger partial charge in [-0.15, -0.1) is 6.58 Å². The van der Waals surface area contributed by atoms with Crippen LogP contribution in [0.2, 0.25) is 0 Å². The number of aryl methyl sites for hydroxylation is 2. The summed E-state index contributed by atoms with van der Waals surface area (Å²) in [6, 6.07) is 3.75. The highest BCUT2D eigenvalue weighted by Gasteiger charge is 1.96. The molecule has 0 saturated carbocycles. The minimum absolute atomic E-state index is 0.117. The Bertz CT molecular complexity index is 338. The molecule has 0 aliphatic carbocycles. The molecule has 0 unspecified atom stereocenters. The molecule has 1 heterocycles. The minimum Gasteiger partial charge on any atom is -0.315 e. The van der Waals surface area contributed by atoms with Crippen molar-refractivity contribution in [3.05, 3.63) is 46.9 Å². The SMILES string of the molecule is C=CCCCn1cccc(C)c1=O. The molecule has 0 aliphatic heterocycles. The molecule has 1 aromatic heterocycles. The van der Waals surface area contributed by atoms with Crippen LogP contribution in [0.5, 0.6) is 0 Å². The van der Waals surface area contributed by atoms with Crippen molar-refractivity contribution in [2.45, 2.75) is 26.3 Å². The molecule has 0 N–H and O–H groups in total. The first-order chi connectivity index (χ1) is 6.25. The molecule has 1 aromatic rings. The first kappa shape index (κ1) is 9.78. The minimum atomic E-state index is 0.117. The van der Waals surface area contributed by atoms with E-state index in [4.69, 9.17) is 0 Å². The predicted octanol–water partition coefficient (Wildman–Crippen LogP) is 2.12. The Morgan fingerprint density at radius 1 is 1.62 bits per heavy atom. The van der Waals surface area contributed by atoms with E-state index in [0.717, 1.165) is 24.9 Å². The molecule has 0 spiro atoms. The summed E-state index contributed by atoms with van der Waals surface area (Å²) in [5.41, 5.74) is 0.924. The summed E-state index contributed by atoms with van der Waals surface area (Å²) in [5, 5.41) is 0. The van der Waals surface area contributed by atoms with Gasteiger partial charge in [0.05, 0.1) is 0 Å². The number of aromatic nitrogens is 1. The van der Waals surface area contributed by atoms with Gasteiger partial charge in [-0.05, 0) is 25.8 Å². The van der Waals surface area contributed by atoms with E-state index in [-0.39, 0.29) is 5.56 Å². The number of nitrogens with zero attached hydrogens (tertiary/aromatic N) is 1. The van der Waals surface area contributed by atoms with E-state index in [1.807, 2.05) is 31.3 Å². The zero-order valence-electron chi connectivity index (χ0n) is 7.99. The number of hydrogen-bond donors (Lipinski definition) is 0. The van der Waals surface area contributed by atoms with E-state index in [2.05, 4.69) is 6.58 Å². The maximum atomic E-state index is 11.5. The van der Waals surface area contributed by atoms with E-state index in [1.54, 1.807) is 4.57 Å². The number of hydrogen-bond acceptors (Lipinski definition) is 1. The highest BCUT2D eigenvalue weighted by atomic mass is 16.1. The zero-order chi connectivity index (χ0) is 9.68. The number of rotatable bonds is 4.